The van der Waals surface area contributed by atoms with E-state index in [1.807, 2.05) is 0 Å². The molecule has 2 atom stereocenters. The van der Waals surface area contributed by atoms with Crippen molar-refractivity contribution in [2.45, 2.75) is 69.9 Å². The molecule has 170 valence electrons. The first kappa shape index (κ1) is 27.8. The number of alkyl halides is 5. The number of halogens is 5. The lowest BCUT2D eigenvalue weighted by molar-refractivity contribution is -0.206. The fourth-order valence-electron chi connectivity index (χ4n) is 2.24. The highest BCUT2D eigenvalue weighted by Crippen LogP contribution is 2.51. The van der Waals surface area contributed by atoms with Crippen LogP contribution in [0.1, 0.15) is 47.5 Å². The molecular weight excluding hydrogens is 443 g/mol. The van der Waals surface area contributed by atoms with Crippen LogP contribution < -0.4 is 0 Å². The molecule has 5 nitrogen and oxygen atoms in total. The maximum Gasteiger partial charge on any atom is 0.414 e. The Labute approximate surface area is 176 Å². The van der Waals surface area contributed by atoms with E-state index in [4.69, 9.17) is 9.47 Å². The second kappa shape index (κ2) is 10.2. The molecule has 12 heteroatoms. The average molecular weight is 469 g/mol. The Balaban J connectivity index is 6.19. The molecule has 0 aromatic rings. The minimum Gasteiger partial charge on any atom is -0.479 e. The molecule has 2 unspecified atom stereocenters. The summed E-state index contributed by atoms with van der Waals surface area (Å²) < 4.78 is 80.8. The van der Waals surface area contributed by atoms with E-state index >= 15 is 0 Å². The molecule has 0 rings (SSSR count). The minimum absolute atomic E-state index is 0.121. The number of rotatable bonds is 8. The number of ether oxygens (including phenoxy) is 3. The van der Waals surface area contributed by atoms with Crippen LogP contribution in [0.2, 0.25) is 0 Å². The summed E-state index contributed by atoms with van der Waals surface area (Å²) in [7, 11) is 0.966. The zero-order chi connectivity index (χ0) is 23.3. The molecule has 0 aromatic heterocycles. The zero-order valence-electron chi connectivity index (χ0n) is 16.9. The highest BCUT2D eigenvalue weighted by molar-refractivity contribution is 8.24. The van der Waals surface area contributed by atoms with E-state index in [9.17, 15) is 31.5 Å². The monoisotopic (exact) mass is 468 g/mol. The predicted molar refractivity (Wildman–Crippen MR) is 102 cm³/mol. The molecule has 0 aliphatic carbocycles. The van der Waals surface area contributed by atoms with E-state index in [-0.39, 0.29) is 18.4 Å². The van der Waals surface area contributed by atoms with Crippen LogP contribution in [-0.2, 0) is 23.8 Å². The molecule has 0 bridgehead atoms. The third-order valence-electron chi connectivity index (χ3n) is 3.42. The SMILES string of the molecule is CCOC(=S)SC(CC(F)(F)CC(C)C(=O)OC)(C(=O)OC(C)(C)C)C(F)(F)F. The van der Waals surface area contributed by atoms with Crippen molar-refractivity contribution in [3.8, 4) is 0 Å². The molecule has 0 N–H and O–H groups in total. The Morgan fingerprint density at radius 3 is 2.00 bits per heavy atom. The van der Waals surface area contributed by atoms with E-state index in [1.54, 1.807) is 0 Å². The molecule has 0 heterocycles. The first-order valence-corrected chi connectivity index (χ1v) is 9.75. The maximum atomic E-state index is 14.6. The largest absolute Gasteiger partial charge is 0.479 e. The Morgan fingerprint density at radius 1 is 1.10 bits per heavy atom. The average Bonchev–Trinajstić information content (AvgIpc) is 2.49. The van der Waals surface area contributed by atoms with Crippen LogP contribution in [0, 0.1) is 5.92 Å². The summed E-state index contributed by atoms with van der Waals surface area (Å²) in [4.78, 5) is 23.9. The van der Waals surface area contributed by atoms with Crippen LogP contribution in [0.25, 0.3) is 0 Å². The second-order valence-corrected chi connectivity index (χ2v) is 9.17. The first-order chi connectivity index (χ1) is 12.9. The molecule has 0 aliphatic rings. The van der Waals surface area contributed by atoms with Gasteiger partial charge >= 0.3 is 18.1 Å². The number of thiocarbonyl (C=S) groups is 1. The van der Waals surface area contributed by atoms with Crippen LogP contribution in [0.3, 0.4) is 0 Å². The Bertz CT molecular complexity index is 604. The van der Waals surface area contributed by atoms with Gasteiger partial charge in [0.25, 0.3) is 5.92 Å². The van der Waals surface area contributed by atoms with Crippen molar-refractivity contribution in [1.82, 2.24) is 0 Å². The Kier molecular flexibility index (Phi) is 9.82. The molecule has 0 radical (unpaired) electrons. The van der Waals surface area contributed by atoms with Crippen LogP contribution in [-0.4, -0.2) is 52.5 Å². The molecule has 0 spiro atoms. The normalized spacial score (nSPS) is 15.8. The molecule has 0 amide bonds. The third-order valence-corrected chi connectivity index (χ3v) is 4.97. The van der Waals surface area contributed by atoms with Crippen molar-refractivity contribution < 1.29 is 45.8 Å². The molecule has 29 heavy (non-hydrogen) atoms. The number of carbonyl (C=O) groups is 2. The van der Waals surface area contributed by atoms with Gasteiger partial charge in [-0.3, -0.25) is 9.59 Å². The molecule has 0 fully saturated rings. The number of esters is 2. The van der Waals surface area contributed by atoms with E-state index < -0.39 is 57.5 Å². The van der Waals surface area contributed by atoms with Crippen LogP contribution in [0.5, 0.6) is 0 Å². The predicted octanol–water partition coefficient (Wildman–Crippen LogP) is 4.91. The van der Waals surface area contributed by atoms with E-state index in [0.29, 0.717) is 0 Å². The first-order valence-electron chi connectivity index (χ1n) is 8.52. The topological polar surface area (TPSA) is 61.8 Å². The van der Waals surface area contributed by atoms with Crippen molar-refractivity contribution in [3.05, 3.63) is 0 Å². The van der Waals surface area contributed by atoms with Crippen molar-refractivity contribution >= 4 is 40.3 Å². The lowest BCUT2D eigenvalue weighted by Gasteiger charge is -2.37. The lowest BCUT2D eigenvalue weighted by atomic mass is 9.92. The number of methoxy groups -OCH3 is 1. The van der Waals surface area contributed by atoms with E-state index in [2.05, 4.69) is 17.0 Å². The zero-order valence-corrected chi connectivity index (χ0v) is 18.6. The summed E-state index contributed by atoms with van der Waals surface area (Å²) in [5.41, 5.74) is -1.38. The summed E-state index contributed by atoms with van der Waals surface area (Å²) in [6, 6.07) is 0. The van der Waals surface area contributed by atoms with Gasteiger partial charge in [-0.2, -0.15) is 13.2 Å². The van der Waals surface area contributed by atoms with Crippen molar-refractivity contribution in [1.29, 1.82) is 0 Å². The van der Waals surface area contributed by atoms with Gasteiger partial charge in [0.05, 0.1) is 19.6 Å². The number of thioether (sulfide) groups is 1. The summed E-state index contributed by atoms with van der Waals surface area (Å²) in [6.07, 6.45) is -8.71. The van der Waals surface area contributed by atoms with Gasteiger partial charge in [-0.25, -0.2) is 8.78 Å². The summed E-state index contributed by atoms with van der Waals surface area (Å²) >= 11 is 4.34. The van der Waals surface area contributed by atoms with Gasteiger partial charge in [0.15, 0.2) is 0 Å². The van der Waals surface area contributed by atoms with Gasteiger partial charge in [0, 0.05) is 12.8 Å². The van der Waals surface area contributed by atoms with Gasteiger partial charge < -0.3 is 14.2 Å². The van der Waals surface area contributed by atoms with Gasteiger partial charge in [-0.1, -0.05) is 6.92 Å². The molecular formula is C17H25F5O5S2. The Morgan fingerprint density at radius 2 is 1.62 bits per heavy atom. The van der Waals surface area contributed by atoms with Gasteiger partial charge in [0.2, 0.25) is 9.13 Å². The number of hydrogen-bond acceptors (Lipinski definition) is 7. The maximum absolute atomic E-state index is 14.6. The highest BCUT2D eigenvalue weighted by atomic mass is 32.2. The van der Waals surface area contributed by atoms with Crippen molar-refractivity contribution in [3.63, 3.8) is 0 Å². The summed E-state index contributed by atoms with van der Waals surface area (Å²) in [5, 5.41) is 0. The smallest absolute Gasteiger partial charge is 0.414 e. The summed E-state index contributed by atoms with van der Waals surface area (Å²) in [6.45, 7) is 6.30. The molecule has 0 aromatic carbocycles. The van der Waals surface area contributed by atoms with Gasteiger partial charge in [-0.15, -0.1) is 0 Å². The van der Waals surface area contributed by atoms with Crippen LogP contribution >= 0.6 is 24.0 Å². The number of carbonyl (C=O) groups excluding carboxylic acids is 2. The fraction of sp³-hybridized carbons (Fsp3) is 0.824. The van der Waals surface area contributed by atoms with Crippen LogP contribution in [0.4, 0.5) is 22.0 Å². The van der Waals surface area contributed by atoms with Gasteiger partial charge in [0.1, 0.15) is 5.60 Å². The quantitative estimate of drug-likeness (QED) is 0.285. The molecule has 0 saturated heterocycles. The third kappa shape index (κ3) is 8.61. The van der Waals surface area contributed by atoms with Crippen molar-refractivity contribution in [2.24, 2.45) is 5.92 Å². The van der Waals surface area contributed by atoms with E-state index in [1.165, 1.54) is 27.7 Å². The molecule has 0 saturated carbocycles. The Hall–Kier alpha value is -1.17. The van der Waals surface area contributed by atoms with E-state index in [0.717, 1.165) is 14.0 Å². The fourth-order valence-corrected chi connectivity index (χ4v) is 3.77. The second-order valence-electron chi connectivity index (χ2n) is 7.27. The lowest BCUT2D eigenvalue weighted by Crippen LogP contribution is -2.55. The minimum atomic E-state index is -5.46. The standard InChI is InChI=1S/C17H25F5O5S2/c1-7-26-13(28)29-16(17(20,21)22,12(24)27-14(3,4)5)9-15(18,19)8-10(2)11(23)25-6/h10H,7-9H2,1-6H3. The number of hydrogen-bond donors (Lipinski definition) is 0. The summed E-state index contributed by atoms with van der Waals surface area (Å²) in [5.74, 6) is -8.41. The molecule has 0 aliphatic heterocycles. The van der Waals surface area contributed by atoms with Gasteiger partial charge in [-0.05, 0) is 51.7 Å². The highest BCUT2D eigenvalue weighted by Gasteiger charge is 2.67. The van der Waals surface area contributed by atoms with Crippen LogP contribution in [0.15, 0.2) is 0 Å². The van der Waals surface area contributed by atoms with Crippen molar-refractivity contribution in [2.75, 3.05) is 13.7 Å².